The van der Waals surface area contributed by atoms with Crippen LogP contribution in [0.4, 0.5) is 0 Å². The van der Waals surface area contributed by atoms with E-state index in [9.17, 15) is 9.59 Å². The van der Waals surface area contributed by atoms with Gasteiger partial charge in [0.2, 0.25) is 0 Å². The van der Waals surface area contributed by atoms with Crippen LogP contribution in [0.1, 0.15) is 5.56 Å². The van der Waals surface area contributed by atoms with Crippen molar-refractivity contribution in [3.63, 3.8) is 0 Å². The second-order valence-corrected chi connectivity index (χ2v) is 4.01. The minimum Gasteiger partial charge on any atom is -0.314 e. The summed E-state index contributed by atoms with van der Waals surface area (Å²) < 4.78 is 0. The number of alkyl halides is 2. The Labute approximate surface area is 102 Å². The Hall–Kier alpha value is -0.780. The van der Waals surface area contributed by atoms with Crippen molar-refractivity contribution < 1.29 is 0 Å². The topological polar surface area (TPSA) is 69.0 Å². The van der Waals surface area contributed by atoms with E-state index >= 15 is 0 Å². The highest BCUT2D eigenvalue weighted by atomic mass is 35.5. The van der Waals surface area contributed by atoms with Crippen LogP contribution in [0.2, 0.25) is 0 Å². The SMILES string of the molecule is O=c1[nH]cc(CN(CCCl)CCCl)c(=O)[nH]1. The third-order valence-electron chi connectivity index (χ3n) is 2.09. The van der Waals surface area contributed by atoms with Gasteiger partial charge >= 0.3 is 5.69 Å². The second-order valence-electron chi connectivity index (χ2n) is 3.25. The fraction of sp³-hybridized carbons (Fsp3) is 0.556. The van der Waals surface area contributed by atoms with E-state index in [0.29, 0.717) is 37.0 Å². The zero-order chi connectivity index (χ0) is 12.0. The monoisotopic (exact) mass is 265 g/mol. The molecular weight excluding hydrogens is 253 g/mol. The summed E-state index contributed by atoms with van der Waals surface area (Å²) in [5.74, 6) is 0.941. The molecule has 0 aromatic carbocycles. The lowest BCUT2D eigenvalue weighted by Gasteiger charge is -2.19. The van der Waals surface area contributed by atoms with Crippen LogP contribution >= 0.6 is 23.2 Å². The third-order valence-corrected chi connectivity index (χ3v) is 2.43. The smallest absolute Gasteiger partial charge is 0.314 e. The number of hydrogen-bond acceptors (Lipinski definition) is 3. The summed E-state index contributed by atoms with van der Waals surface area (Å²) in [6.45, 7) is 1.71. The van der Waals surface area contributed by atoms with Crippen LogP contribution in [0.15, 0.2) is 15.8 Å². The van der Waals surface area contributed by atoms with Gasteiger partial charge < -0.3 is 4.98 Å². The van der Waals surface area contributed by atoms with Gasteiger partial charge in [0.15, 0.2) is 0 Å². The Morgan fingerprint density at radius 2 is 1.81 bits per heavy atom. The molecule has 90 valence electrons. The van der Waals surface area contributed by atoms with Gasteiger partial charge in [0.1, 0.15) is 0 Å². The Morgan fingerprint density at radius 3 is 2.31 bits per heavy atom. The van der Waals surface area contributed by atoms with Crippen LogP contribution in [0, 0.1) is 0 Å². The molecule has 2 N–H and O–H groups in total. The molecular formula is C9H13Cl2N3O2. The maximum Gasteiger partial charge on any atom is 0.325 e. The average molecular weight is 266 g/mol. The van der Waals surface area contributed by atoms with Crippen LogP contribution in [0.3, 0.4) is 0 Å². The predicted molar refractivity (Wildman–Crippen MR) is 64.4 cm³/mol. The average Bonchev–Trinajstić information content (AvgIpc) is 2.23. The van der Waals surface area contributed by atoms with Crippen molar-refractivity contribution in [1.82, 2.24) is 14.9 Å². The van der Waals surface area contributed by atoms with Gasteiger partial charge in [-0.05, 0) is 0 Å². The summed E-state index contributed by atoms with van der Waals surface area (Å²) in [6, 6.07) is 0. The molecule has 0 atom stereocenters. The number of rotatable bonds is 6. The molecule has 0 aliphatic heterocycles. The molecule has 0 fully saturated rings. The first-order chi connectivity index (χ1) is 7.67. The van der Waals surface area contributed by atoms with Gasteiger partial charge in [0.05, 0.1) is 0 Å². The Morgan fingerprint density at radius 1 is 1.19 bits per heavy atom. The normalized spacial score (nSPS) is 10.9. The zero-order valence-corrected chi connectivity index (χ0v) is 10.1. The Kier molecular flexibility index (Phi) is 5.59. The summed E-state index contributed by atoms with van der Waals surface area (Å²) >= 11 is 11.3. The van der Waals surface area contributed by atoms with Crippen molar-refractivity contribution in [1.29, 1.82) is 0 Å². The van der Waals surface area contributed by atoms with E-state index < -0.39 is 5.69 Å². The van der Waals surface area contributed by atoms with Gasteiger partial charge in [0, 0.05) is 43.2 Å². The van der Waals surface area contributed by atoms with Crippen LogP contribution in [-0.4, -0.2) is 39.7 Å². The van der Waals surface area contributed by atoms with E-state index in [1.807, 2.05) is 4.90 Å². The third kappa shape index (κ3) is 4.00. The molecule has 16 heavy (non-hydrogen) atoms. The van der Waals surface area contributed by atoms with Crippen molar-refractivity contribution in [3.05, 3.63) is 32.6 Å². The van der Waals surface area contributed by atoms with E-state index in [4.69, 9.17) is 23.2 Å². The molecule has 1 heterocycles. The summed E-state index contributed by atoms with van der Waals surface area (Å²) in [5.41, 5.74) is -0.386. The first-order valence-corrected chi connectivity index (χ1v) is 5.89. The van der Waals surface area contributed by atoms with E-state index in [0.717, 1.165) is 0 Å². The van der Waals surface area contributed by atoms with Crippen molar-refractivity contribution in [2.75, 3.05) is 24.8 Å². The lowest BCUT2D eigenvalue weighted by molar-refractivity contribution is 0.297. The number of aromatic amines is 2. The molecule has 7 heteroatoms. The van der Waals surface area contributed by atoms with Gasteiger partial charge in [-0.3, -0.25) is 14.7 Å². The molecule has 0 aliphatic carbocycles. The molecule has 5 nitrogen and oxygen atoms in total. The van der Waals surface area contributed by atoms with E-state index in [2.05, 4.69) is 9.97 Å². The quantitative estimate of drug-likeness (QED) is 0.730. The first-order valence-electron chi connectivity index (χ1n) is 4.82. The molecule has 0 amide bonds. The van der Waals surface area contributed by atoms with Crippen LogP contribution in [-0.2, 0) is 6.54 Å². The number of H-pyrrole nitrogens is 2. The van der Waals surface area contributed by atoms with Crippen LogP contribution in [0.5, 0.6) is 0 Å². The lowest BCUT2D eigenvalue weighted by Crippen LogP contribution is -2.32. The highest BCUT2D eigenvalue weighted by Crippen LogP contribution is 1.98. The highest BCUT2D eigenvalue weighted by Gasteiger charge is 2.07. The standard InChI is InChI=1S/C9H13Cl2N3O2/c10-1-3-14(4-2-11)6-7-5-12-9(16)13-8(7)15/h5H,1-4,6H2,(H2,12,13,15,16). The molecule has 0 saturated heterocycles. The van der Waals surface area contributed by atoms with Crippen molar-refractivity contribution >= 4 is 23.2 Å². The molecule has 0 saturated carbocycles. The maximum absolute atomic E-state index is 11.4. The molecule has 1 rings (SSSR count). The summed E-state index contributed by atoms with van der Waals surface area (Å²) in [4.78, 5) is 28.8. The number of hydrogen-bond donors (Lipinski definition) is 2. The summed E-state index contributed by atoms with van der Waals surface area (Å²) in [7, 11) is 0. The zero-order valence-electron chi connectivity index (χ0n) is 8.63. The van der Waals surface area contributed by atoms with Gasteiger partial charge in [-0.25, -0.2) is 4.79 Å². The largest absolute Gasteiger partial charge is 0.325 e. The second kappa shape index (κ2) is 6.73. The van der Waals surface area contributed by atoms with Crippen molar-refractivity contribution in [2.45, 2.75) is 6.54 Å². The minimum absolute atomic E-state index is 0.377. The number of halogens is 2. The summed E-state index contributed by atoms with van der Waals surface area (Å²) in [6.07, 6.45) is 1.41. The lowest BCUT2D eigenvalue weighted by atomic mass is 10.3. The Balaban J connectivity index is 2.76. The first kappa shape index (κ1) is 13.3. The highest BCUT2D eigenvalue weighted by molar-refractivity contribution is 6.18. The fourth-order valence-corrected chi connectivity index (χ4v) is 1.78. The van der Waals surface area contributed by atoms with Crippen molar-refractivity contribution in [3.8, 4) is 0 Å². The van der Waals surface area contributed by atoms with Crippen LogP contribution < -0.4 is 11.2 Å². The van der Waals surface area contributed by atoms with Gasteiger partial charge in [-0.1, -0.05) is 0 Å². The van der Waals surface area contributed by atoms with Gasteiger partial charge in [0.25, 0.3) is 5.56 Å². The minimum atomic E-state index is -0.505. The van der Waals surface area contributed by atoms with E-state index in [-0.39, 0.29) is 5.56 Å². The van der Waals surface area contributed by atoms with E-state index in [1.165, 1.54) is 6.20 Å². The van der Waals surface area contributed by atoms with Crippen LogP contribution in [0.25, 0.3) is 0 Å². The molecule has 0 aliphatic rings. The maximum atomic E-state index is 11.4. The van der Waals surface area contributed by atoms with Gasteiger partial charge in [-0.2, -0.15) is 0 Å². The predicted octanol–water partition coefficient (Wildman–Crippen LogP) is 0.343. The number of aromatic nitrogens is 2. The molecule has 0 bridgehead atoms. The molecule has 0 spiro atoms. The van der Waals surface area contributed by atoms with Gasteiger partial charge in [-0.15, -0.1) is 23.2 Å². The number of nitrogens with zero attached hydrogens (tertiary/aromatic N) is 1. The molecule has 1 aromatic heterocycles. The van der Waals surface area contributed by atoms with E-state index in [1.54, 1.807) is 0 Å². The molecule has 0 radical (unpaired) electrons. The fourth-order valence-electron chi connectivity index (χ4n) is 1.30. The number of nitrogens with one attached hydrogen (secondary N) is 2. The molecule has 1 aromatic rings. The molecule has 0 unspecified atom stereocenters. The summed E-state index contributed by atoms with van der Waals surface area (Å²) in [5, 5.41) is 0. The van der Waals surface area contributed by atoms with Crippen molar-refractivity contribution in [2.24, 2.45) is 0 Å². The Bertz CT molecular complexity index is 423.